The molecule has 0 bridgehead atoms. The Morgan fingerprint density at radius 3 is 2.90 bits per heavy atom. The van der Waals surface area contributed by atoms with E-state index >= 15 is 0 Å². The van der Waals surface area contributed by atoms with E-state index in [0.717, 1.165) is 19.3 Å². The topological polar surface area (TPSA) is 90.0 Å². The van der Waals surface area contributed by atoms with Crippen molar-refractivity contribution < 1.29 is 8.42 Å². The molecule has 2 rings (SSSR count). The molecule has 0 amide bonds. The Bertz CT molecular complexity index is 568. The second-order valence-corrected chi connectivity index (χ2v) is 7.87. The molecule has 1 aromatic heterocycles. The number of nitrogens with zero attached hydrogens (tertiary/aromatic N) is 2. The zero-order valence-electron chi connectivity index (χ0n) is 12.9. The van der Waals surface area contributed by atoms with E-state index in [2.05, 4.69) is 16.7 Å². The average Bonchev–Trinajstić information content (AvgIpc) is 2.79. The molecule has 6 nitrogen and oxygen atoms in total. The van der Waals surface area contributed by atoms with Crippen LogP contribution in [0.3, 0.4) is 0 Å². The van der Waals surface area contributed by atoms with E-state index in [9.17, 15) is 8.42 Å². The summed E-state index contributed by atoms with van der Waals surface area (Å²) in [6.07, 6.45) is 7.02. The van der Waals surface area contributed by atoms with Gasteiger partial charge in [-0.1, -0.05) is 26.7 Å². The predicted octanol–water partition coefficient (Wildman–Crippen LogP) is 1.98. The molecule has 1 fully saturated rings. The summed E-state index contributed by atoms with van der Waals surface area (Å²) in [7, 11) is -3.56. The summed E-state index contributed by atoms with van der Waals surface area (Å²) in [4.78, 5) is 0.0970. The molecule has 1 saturated carbocycles. The van der Waals surface area contributed by atoms with Gasteiger partial charge in [0.25, 0.3) is 0 Å². The van der Waals surface area contributed by atoms with Crippen LogP contribution in [0.1, 0.15) is 46.0 Å². The molecule has 1 heterocycles. The van der Waals surface area contributed by atoms with E-state index in [-0.39, 0.29) is 10.7 Å². The summed E-state index contributed by atoms with van der Waals surface area (Å²) in [5.41, 5.74) is 5.74. The van der Waals surface area contributed by atoms with Crippen LogP contribution in [0, 0.1) is 11.8 Å². The highest BCUT2D eigenvalue weighted by molar-refractivity contribution is 7.89. The van der Waals surface area contributed by atoms with Gasteiger partial charge in [-0.15, -0.1) is 0 Å². The van der Waals surface area contributed by atoms with Gasteiger partial charge in [-0.2, -0.15) is 5.10 Å². The summed E-state index contributed by atoms with van der Waals surface area (Å²) in [5.74, 6) is 1.19. The van der Waals surface area contributed by atoms with Gasteiger partial charge in [-0.3, -0.25) is 4.68 Å². The van der Waals surface area contributed by atoms with E-state index in [4.69, 9.17) is 5.73 Å². The van der Waals surface area contributed by atoms with Crippen LogP contribution in [0.2, 0.25) is 0 Å². The molecule has 0 radical (unpaired) electrons. The lowest BCUT2D eigenvalue weighted by Crippen LogP contribution is -2.31. The smallest absolute Gasteiger partial charge is 0.245 e. The summed E-state index contributed by atoms with van der Waals surface area (Å²) < 4.78 is 29.0. The van der Waals surface area contributed by atoms with Crippen molar-refractivity contribution in [2.24, 2.45) is 11.8 Å². The molecular weight excluding hydrogens is 288 g/mol. The minimum atomic E-state index is -3.56. The molecule has 2 unspecified atom stereocenters. The van der Waals surface area contributed by atoms with Crippen LogP contribution < -0.4 is 10.5 Å². The Balaban J connectivity index is 2.01. The van der Waals surface area contributed by atoms with Gasteiger partial charge in [-0.05, 0) is 31.1 Å². The average molecular weight is 314 g/mol. The van der Waals surface area contributed by atoms with Crippen molar-refractivity contribution in [2.45, 2.75) is 57.4 Å². The maximum atomic E-state index is 12.4. The van der Waals surface area contributed by atoms with Crippen molar-refractivity contribution in [3.63, 3.8) is 0 Å². The van der Waals surface area contributed by atoms with Gasteiger partial charge >= 0.3 is 0 Å². The Morgan fingerprint density at radius 1 is 1.48 bits per heavy atom. The second kappa shape index (κ2) is 6.79. The minimum absolute atomic E-state index is 0.0768. The van der Waals surface area contributed by atoms with E-state index in [1.54, 1.807) is 4.68 Å². The monoisotopic (exact) mass is 314 g/mol. The molecule has 120 valence electrons. The summed E-state index contributed by atoms with van der Waals surface area (Å²) >= 11 is 0. The first-order chi connectivity index (χ1) is 9.92. The number of nitrogens with one attached hydrogen (secondary N) is 1. The molecule has 0 aromatic carbocycles. The van der Waals surface area contributed by atoms with Gasteiger partial charge < -0.3 is 5.73 Å². The predicted molar refractivity (Wildman–Crippen MR) is 83.2 cm³/mol. The lowest BCUT2D eigenvalue weighted by molar-refractivity contribution is 0.283. The Kier molecular flexibility index (Phi) is 5.27. The molecule has 0 spiro atoms. The molecular formula is C14H26N4O2S. The van der Waals surface area contributed by atoms with E-state index in [0.29, 0.717) is 24.9 Å². The number of aromatic nitrogens is 2. The number of anilines is 1. The number of nitrogen functional groups attached to an aromatic ring is 1. The van der Waals surface area contributed by atoms with Crippen LogP contribution in [0.4, 0.5) is 5.82 Å². The maximum Gasteiger partial charge on any atom is 0.245 e. The molecule has 1 aliphatic carbocycles. The number of hydrogen-bond acceptors (Lipinski definition) is 4. The second-order valence-electron chi connectivity index (χ2n) is 6.13. The highest BCUT2D eigenvalue weighted by atomic mass is 32.2. The lowest BCUT2D eigenvalue weighted by atomic mass is 9.83. The normalized spacial score (nSPS) is 23.3. The first-order valence-electron chi connectivity index (χ1n) is 7.75. The van der Waals surface area contributed by atoms with Crippen LogP contribution in [0.25, 0.3) is 0 Å². The fourth-order valence-corrected chi connectivity index (χ4v) is 4.21. The SMILES string of the molecule is CCCn1cc(S(=O)(=O)NCC2CCCC(C)C2)c(N)n1. The van der Waals surface area contributed by atoms with Crippen LogP contribution in [0.15, 0.2) is 11.1 Å². The Labute approximate surface area is 127 Å². The van der Waals surface area contributed by atoms with Gasteiger partial charge in [0.05, 0.1) is 0 Å². The van der Waals surface area contributed by atoms with Crippen LogP contribution in [0.5, 0.6) is 0 Å². The number of sulfonamides is 1. The highest BCUT2D eigenvalue weighted by Crippen LogP contribution is 2.28. The van der Waals surface area contributed by atoms with E-state index in [1.165, 1.54) is 19.0 Å². The first kappa shape index (κ1) is 16.3. The lowest BCUT2D eigenvalue weighted by Gasteiger charge is -2.26. The van der Waals surface area contributed by atoms with Crippen molar-refractivity contribution in [3.05, 3.63) is 6.20 Å². The number of aryl methyl sites for hydroxylation is 1. The highest BCUT2D eigenvalue weighted by Gasteiger charge is 2.24. The van der Waals surface area contributed by atoms with Crippen molar-refractivity contribution in [1.29, 1.82) is 0 Å². The standard InChI is InChI=1S/C14H26N4O2S/c1-3-7-18-10-13(14(15)17-18)21(19,20)16-9-12-6-4-5-11(2)8-12/h10-12,16H,3-9H2,1-2H3,(H2,15,17). The summed E-state index contributed by atoms with van der Waals surface area (Å²) in [5, 5.41) is 4.05. The van der Waals surface area contributed by atoms with Crippen LogP contribution >= 0.6 is 0 Å². The zero-order chi connectivity index (χ0) is 15.5. The fourth-order valence-electron chi connectivity index (χ4n) is 3.02. The Morgan fingerprint density at radius 2 is 2.24 bits per heavy atom. The molecule has 3 N–H and O–H groups in total. The Hall–Kier alpha value is -1.08. The third kappa shape index (κ3) is 4.20. The van der Waals surface area contributed by atoms with Gasteiger partial charge in [0.2, 0.25) is 10.0 Å². The molecule has 0 saturated heterocycles. The van der Waals surface area contributed by atoms with Crippen molar-refractivity contribution in [3.8, 4) is 0 Å². The quantitative estimate of drug-likeness (QED) is 0.840. The largest absolute Gasteiger partial charge is 0.381 e. The zero-order valence-corrected chi connectivity index (χ0v) is 13.7. The van der Waals surface area contributed by atoms with Crippen molar-refractivity contribution in [1.82, 2.24) is 14.5 Å². The molecule has 2 atom stereocenters. The number of rotatable bonds is 6. The number of hydrogen-bond donors (Lipinski definition) is 2. The van der Waals surface area contributed by atoms with E-state index < -0.39 is 10.0 Å². The summed E-state index contributed by atoms with van der Waals surface area (Å²) in [6, 6.07) is 0. The fraction of sp³-hybridized carbons (Fsp3) is 0.786. The van der Waals surface area contributed by atoms with Crippen molar-refractivity contribution >= 4 is 15.8 Å². The van der Waals surface area contributed by atoms with Gasteiger partial charge in [0.1, 0.15) is 4.90 Å². The molecule has 7 heteroatoms. The summed E-state index contributed by atoms with van der Waals surface area (Å²) in [6.45, 7) is 5.40. The number of nitrogens with two attached hydrogens (primary N) is 1. The molecule has 0 aliphatic heterocycles. The van der Waals surface area contributed by atoms with Gasteiger partial charge in [-0.25, -0.2) is 13.1 Å². The molecule has 1 aromatic rings. The molecule has 1 aliphatic rings. The first-order valence-corrected chi connectivity index (χ1v) is 9.23. The third-order valence-electron chi connectivity index (χ3n) is 4.10. The molecule has 21 heavy (non-hydrogen) atoms. The van der Waals surface area contributed by atoms with E-state index in [1.807, 2.05) is 6.92 Å². The van der Waals surface area contributed by atoms with Crippen LogP contribution in [-0.4, -0.2) is 24.7 Å². The van der Waals surface area contributed by atoms with Gasteiger partial charge in [0, 0.05) is 19.3 Å². The van der Waals surface area contributed by atoms with Crippen LogP contribution in [-0.2, 0) is 16.6 Å². The maximum absolute atomic E-state index is 12.4. The minimum Gasteiger partial charge on any atom is -0.381 e. The van der Waals surface area contributed by atoms with Crippen molar-refractivity contribution in [2.75, 3.05) is 12.3 Å². The van der Waals surface area contributed by atoms with Gasteiger partial charge in [0.15, 0.2) is 5.82 Å². The third-order valence-corrected chi connectivity index (χ3v) is 5.54.